The van der Waals surface area contributed by atoms with E-state index in [4.69, 9.17) is 24.7 Å². The standard InChI is InChI=1S/C26H30N4O2.C4H4O4.C2H7N/c1-18-25(31-17-20-2-3-20)7-5-23-24(29-32-26(18)23)6-4-19-9-12-30(13-10-19)16-21-8-11-28-22(14-21)15-27;5-3(6)1-2-4(7)8;1-3-2/h5,7-8,11,14,19-20H,2-4,6,9-10,12-13,16-17H2,1H3;1-2H,(H,5,6)(H,7,8);3H,1-2H3. The maximum Gasteiger partial charge on any atom is 0.328 e. The molecule has 43 heavy (non-hydrogen) atoms. The smallest absolute Gasteiger partial charge is 0.328 e. The predicted molar refractivity (Wildman–Crippen MR) is 162 cm³/mol. The van der Waals surface area contributed by atoms with Gasteiger partial charge in [-0.1, -0.05) is 5.16 Å². The average molecular weight is 592 g/mol. The van der Waals surface area contributed by atoms with Gasteiger partial charge in [0, 0.05) is 35.8 Å². The van der Waals surface area contributed by atoms with Crippen molar-refractivity contribution in [3.8, 4) is 11.8 Å². The van der Waals surface area contributed by atoms with Gasteiger partial charge in [-0.25, -0.2) is 14.6 Å². The average Bonchev–Trinajstić information content (AvgIpc) is 3.73. The molecule has 0 radical (unpaired) electrons. The lowest BCUT2D eigenvalue weighted by atomic mass is 9.91. The molecule has 5 rings (SSSR count). The van der Waals surface area contributed by atoms with Gasteiger partial charge in [-0.3, -0.25) is 4.90 Å². The van der Waals surface area contributed by atoms with Crippen LogP contribution in [0.1, 0.15) is 54.6 Å². The summed E-state index contributed by atoms with van der Waals surface area (Å²) in [5, 5.41) is 32.9. The Hall–Kier alpha value is -4.27. The number of carboxylic acids is 2. The highest BCUT2D eigenvalue weighted by Gasteiger charge is 2.24. The molecule has 3 N–H and O–H groups in total. The van der Waals surface area contributed by atoms with Crippen molar-refractivity contribution in [2.75, 3.05) is 33.8 Å². The van der Waals surface area contributed by atoms with Crippen LogP contribution in [0, 0.1) is 30.1 Å². The number of nitrogens with zero attached hydrogens (tertiary/aromatic N) is 4. The molecule has 1 aromatic carbocycles. The zero-order valence-corrected chi connectivity index (χ0v) is 25.1. The highest BCUT2D eigenvalue weighted by Crippen LogP contribution is 2.34. The Morgan fingerprint density at radius 1 is 1.12 bits per heavy atom. The van der Waals surface area contributed by atoms with Crippen LogP contribution in [0.3, 0.4) is 0 Å². The van der Waals surface area contributed by atoms with Gasteiger partial charge in [-0.2, -0.15) is 5.26 Å². The molecule has 2 aromatic heterocycles. The molecule has 3 heterocycles. The number of carbonyl (C=O) groups is 2. The molecule has 1 saturated heterocycles. The number of carboxylic acid groups (broad SMARTS) is 2. The summed E-state index contributed by atoms with van der Waals surface area (Å²) in [5.74, 6) is -0.135. The maximum absolute atomic E-state index is 9.55. The number of nitrogens with one attached hydrogen (secondary N) is 1. The van der Waals surface area contributed by atoms with E-state index < -0.39 is 11.9 Å². The fourth-order valence-corrected chi connectivity index (χ4v) is 4.81. The number of ether oxygens (including phenoxy) is 1. The van der Waals surface area contributed by atoms with Gasteiger partial charge in [0.1, 0.15) is 17.5 Å². The predicted octanol–water partition coefficient (Wildman–Crippen LogP) is 4.58. The number of benzene rings is 1. The molecule has 2 aliphatic rings. The summed E-state index contributed by atoms with van der Waals surface area (Å²) in [6, 6.07) is 10.2. The largest absolute Gasteiger partial charge is 0.493 e. The SMILES string of the molecule is CNC.Cc1c(OCC2CC2)ccc2c(CCC3CCN(Cc4ccnc(C#N)c4)CC3)noc12.O=C(O)C=CC(=O)O. The number of hydrogen-bond acceptors (Lipinski definition) is 9. The normalized spacial score (nSPS) is 15.2. The van der Waals surface area contributed by atoms with Gasteiger partial charge in [-0.05, 0) is 114 Å². The lowest BCUT2D eigenvalue weighted by molar-refractivity contribution is -0.134. The number of rotatable bonds is 10. The first-order chi connectivity index (χ1) is 20.7. The molecule has 11 heteroatoms. The number of hydrogen-bond donors (Lipinski definition) is 3. The molecule has 0 atom stereocenters. The Balaban J connectivity index is 0.000000396. The quantitative estimate of drug-likeness (QED) is 0.283. The van der Waals surface area contributed by atoms with Crippen molar-refractivity contribution in [2.45, 2.75) is 52.0 Å². The van der Waals surface area contributed by atoms with Crippen LogP contribution < -0.4 is 10.1 Å². The second kappa shape index (κ2) is 17.0. The monoisotopic (exact) mass is 591 g/mol. The van der Waals surface area contributed by atoms with Crippen LogP contribution >= 0.6 is 0 Å². The Labute approximate surface area is 252 Å². The summed E-state index contributed by atoms with van der Waals surface area (Å²) in [5.41, 5.74) is 4.66. The van der Waals surface area contributed by atoms with Gasteiger partial charge in [-0.15, -0.1) is 0 Å². The summed E-state index contributed by atoms with van der Waals surface area (Å²) in [7, 11) is 3.75. The van der Waals surface area contributed by atoms with Crippen molar-refractivity contribution in [3.05, 3.63) is 65.1 Å². The first-order valence-corrected chi connectivity index (χ1v) is 14.5. The van der Waals surface area contributed by atoms with Crippen molar-refractivity contribution in [3.63, 3.8) is 0 Å². The molecule has 0 bridgehead atoms. The maximum atomic E-state index is 9.55. The van der Waals surface area contributed by atoms with E-state index in [1.54, 1.807) is 6.20 Å². The molecule has 1 aliphatic carbocycles. The fraction of sp³-hybridized carbons (Fsp3) is 0.469. The lowest BCUT2D eigenvalue weighted by Crippen LogP contribution is -2.33. The molecule has 2 fully saturated rings. The molecular formula is C32H41N5O6. The summed E-state index contributed by atoms with van der Waals surface area (Å²) >= 11 is 0. The number of aliphatic carboxylic acids is 2. The zero-order valence-electron chi connectivity index (χ0n) is 25.1. The van der Waals surface area contributed by atoms with Gasteiger partial charge < -0.3 is 24.8 Å². The number of aromatic nitrogens is 2. The van der Waals surface area contributed by atoms with Crippen LogP contribution in [-0.4, -0.2) is 71.0 Å². The van der Waals surface area contributed by atoms with Crippen molar-refractivity contribution in [2.24, 2.45) is 11.8 Å². The summed E-state index contributed by atoms with van der Waals surface area (Å²) in [6.07, 6.45) is 9.92. The van der Waals surface area contributed by atoms with Crippen molar-refractivity contribution in [1.29, 1.82) is 5.26 Å². The summed E-state index contributed by atoms with van der Waals surface area (Å²) in [4.78, 5) is 25.6. The summed E-state index contributed by atoms with van der Waals surface area (Å²) in [6.45, 7) is 5.96. The Kier molecular flexibility index (Phi) is 13.1. The molecule has 1 saturated carbocycles. The lowest BCUT2D eigenvalue weighted by Gasteiger charge is -2.31. The van der Waals surface area contributed by atoms with Gasteiger partial charge >= 0.3 is 11.9 Å². The third-order valence-corrected chi connectivity index (χ3v) is 7.30. The molecule has 230 valence electrons. The number of nitriles is 1. The molecule has 0 unspecified atom stereocenters. The Morgan fingerprint density at radius 2 is 1.79 bits per heavy atom. The molecule has 11 nitrogen and oxygen atoms in total. The van der Waals surface area contributed by atoms with Crippen molar-refractivity contribution in [1.82, 2.24) is 20.4 Å². The molecule has 0 spiro atoms. The van der Waals surface area contributed by atoms with Crippen LogP contribution in [0.5, 0.6) is 5.75 Å². The molecule has 0 amide bonds. The Morgan fingerprint density at radius 3 is 2.40 bits per heavy atom. The Bertz CT molecular complexity index is 1400. The third kappa shape index (κ3) is 11.1. The number of piperidine rings is 1. The van der Waals surface area contributed by atoms with E-state index in [1.165, 1.54) is 31.2 Å². The fourth-order valence-electron chi connectivity index (χ4n) is 4.81. The van der Waals surface area contributed by atoms with Crippen LogP contribution in [-0.2, 0) is 22.6 Å². The van der Waals surface area contributed by atoms with Gasteiger partial charge in [0.15, 0.2) is 5.58 Å². The van der Waals surface area contributed by atoms with E-state index in [-0.39, 0.29) is 0 Å². The number of fused-ring (bicyclic) bond motifs is 1. The van der Waals surface area contributed by atoms with Gasteiger partial charge in [0.05, 0.1) is 12.3 Å². The minimum Gasteiger partial charge on any atom is -0.493 e. The number of pyridine rings is 1. The van der Waals surface area contributed by atoms with Crippen molar-refractivity contribution < 1.29 is 29.1 Å². The van der Waals surface area contributed by atoms with E-state index in [0.717, 1.165) is 73.0 Å². The van der Waals surface area contributed by atoms with E-state index >= 15 is 0 Å². The zero-order chi connectivity index (χ0) is 31.2. The van der Waals surface area contributed by atoms with E-state index in [2.05, 4.69) is 45.5 Å². The molecule has 3 aromatic rings. The minimum absolute atomic E-state index is 0.494. The first-order valence-electron chi connectivity index (χ1n) is 14.5. The summed E-state index contributed by atoms with van der Waals surface area (Å²) < 4.78 is 11.7. The molecular weight excluding hydrogens is 550 g/mol. The van der Waals surface area contributed by atoms with Crippen LogP contribution in [0.4, 0.5) is 0 Å². The van der Waals surface area contributed by atoms with E-state index in [9.17, 15) is 9.59 Å². The van der Waals surface area contributed by atoms with E-state index in [0.29, 0.717) is 23.8 Å². The second-order valence-corrected chi connectivity index (χ2v) is 10.9. The van der Waals surface area contributed by atoms with Gasteiger partial charge in [0.25, 0.3) is 0 Å². The van der Waals surface area contributed by atoms with Crippen molar-refractivity contribution >= 4 is 22.9 Å². The number of likely N-dealkylation sites (tertiary alicyclic amines) is 1. The van der Waals surface area contributed by atoms with Gasteiger partial charge in [0.2, 0.25) is 0 Å². The number of aryl methyl sites for hydroxylation is 2. The van der Waals surface area contributed by atoms with E-state index in [1.807, 2.05) is 26.2 Å². The molecule has 1 aliphatic heterocycles. The van der Waals surface area contributed by atoms with Crippen LogP contribution in [0.15, 0.2) is 47.1 Å². The van der Waals surface area contributed by atoms with Crippen LogP contribution in [0.2, 0.25) is 0 Å². The highest BCUT2D eigenvalue weighted by molar-refractivity contribution is 5.89. The first kappa shape index (κ1) is 33.2. The minimum atomic E-state index is -1.26. The topological polar surface area (TPSA) is 162 Å². The third-order valence-electron chi connectivity index (χ3n) is 7.30. The van der Waals surface area contributed by atoms with Crippen LogP contribution in [0.25, 0.3) is 11.0 Å². The second-order valence-electron chi connectivity index (χ2n) is 10.9. The highest BCUT2D eigenvalue weighted by atomic mass is 16.5.